The van der Waals surface area contributed by atoms with Crippen molar-refractivity contribution in [2.24, 2.45) is 17.5 Å². The minimum absolute atomic E-state index is 0.0399. The van der Waals surface area contributed by atoms with Crippen LogP contribution in [-0.4, -0.2) is 24.8 Å². The van der Waals surface area contributed by atoms with Crippen molar-refractivity contribution < 1.29 is 23.8 Å². The number of hydrogen-bond acceptors (Lipinski definition) is 6. The number of aryl methyl sites for hydroxylation is 1. The van der Waals surface area contributed by atoms with Gasteiger partial charge in [-0.1, -0.05) is 45.2 Å². The predicted octanol–water partition coefficient (Wildman–Crippen LogP) is 5.00. The van der Waals surface area contributed by atoms with Crippen LogP contribution in [0, 0.1) is 11.7 Å². The molecule has 0 aromatic heterocycles. The number of aliphatic carboxylic acids is 1. The number of benzene rings is 2. The third kappa shape index (κ3) is 9.31. The van der Waals surface area contributed by atoms with Crippen molar-refractivity contribution >= 4 is 11.7 Å². The maximum Gasteiger partial charge on any atom is 0.303 e. The number of hydrogen-bond donors (Lipinski definition) is 3. The fraction of sp³-hybridized carbons (Fsp3) is 0.423. The number of hydrazine groups is 1. The van der Waals surface area contributed by atoms with Crippen LogP contribution in [0.3, 0.4) is 0 Å². The molecule has 0 atom stereocenters. The van der Waals surface area contributed by atoms with Crippen LogP contribution in [-0.2, 0) is 11.2 Å². The van der Waals surface area contributed by atoms with Crippen LogP contribution in [0.2, 0.25) is 0 Å². The summed E-state index contributed by atoms with van der Waals surface area (Å²) in [5.41, 5.74) is 8.22. The summed E-state index contributed by atoms with van der Waals surface area (Å²) in [5, 5.41) is 10.1. The molecule has 0 amide bonds. The molecule has 0 aliphatic heterocycles. The zero-order chi connectivity index (χ0) is 25.1. The molecule has 1 fully saturated rings. The molecule has 7 nitrogen and oxygen atoms in total. The van der Waals surface area contributed by atoms with Crippen molar-refractivity contribution in [1.82, 2.24) is 0 Å². The molecule has 0 saturated heterocycles. The number of ether oxygens (including phenoxy) is 2. The summed E-state index contributed by atoms with van der Waals surface area (Å²) < 4.78 is 25.4. The molecule has 0 heterocycles. The van der Waals surface area contributed by atoms with Crippen molar-refractivity contribution in [1.29, 1.82) is 0 Å². The predicted molar refractivity (Wildman–Crippen MR) is 132 cm³/mol. The molecule has 186 valence electrons. The zero-order valence-corrected chi connectivity index (χ0v) is 20.2. The minimum atomic E-state index is -0.857. The van der Waals surface area contributed by atoms with Gasteiger partial charge in [-0.15, -0.1) is 0 Å². The lowest BCUT2D eigenvalue weighted by molar-refractivity contribution is -0.136. The Morgan fingerprint density at radius 1 is 1.15 bits per heavy atom. The van der Waals surface area contributed by atoms with Gasteiger partial charge in [0, 0.05) is 12.5 Å². The molecular weight excluding hydrogens is 437 g/mol. The Hall–Kier alpha value is -3.26. The van der Waals surface area contributed by atoms with Gasteiger partial charge in [-0.05, 0) is 48.6 Å². The normalized spacial score (nSPS) is 12.9. The van der Waals surface area contributed by atoms with Crippen LogP contribution in [0.1, 0.15) is 51.5 Å². The quantitative estimate of drug-likeness (QED) is 0.311. The molecule has 1 aliphatic rings. The van der Waals surface area contributed by atoms with Crippen LogP contribution >= 0.6 is 0 Å². The highest BCUT2D eigenvalue weighted by atomic mass is 19.1. The molecule has 2 aromatic rings. The van der Waals surface area contributed by atoms with E-state index in [-0.39, 0.29) is 24.6 Å². The fourth-order valence-corrected chi connectivity index (χ4v) is 3.01. The number of rotatable bonds is 11. The smallest absolute Gasteiger partial charge is 0.303 e. The summed E-state index contributed by atoms with van der Waals surface area (Å²) in [6.45, 7) is 4.06. The Bertz CT molecular complexity index is 974. The summed E-state index contributed by atoms with van der Waals surface area (Å²) in [5.74, 6) is 6.16. The molecule has 1 aliphatic carbocycles. The minimum Gasteiger partial charge on any atom is -0.497 e. The van der Waals surface area contributed by atoms with Gasteiger partial charge in [0.25, 0.3) is 0 Å². The Kier molecular flexibility index (Phi) is 10.7. The van der Waals surface area contributed by atoms with Gasteiger partial charge >= 0.3 is 5.97 Å². The molecular formula is C26H36FN3O4. The van der Waals surface area contributed by atoms with Crippen molar-refractivity contribution in [2.75, 3.05) is 18.7 Å². The van der Waals surface area contributed by atoms with Crippen LogP contribution in [0.15, 0.2) is 53.9 Å². The van der Waals surface area contributed by atoms with Gasteiger partial charge in [-0.3, -0.25) is 9.80 Å². The molecule has 5 N–H and O–H groups in total. The summed E-state index contributed by atoms with van der Waals surface area (Å²) in [6, 6.07) is 11.5. The first kappa shape index (κ1) is 27.0. The molecule has 1 saturated carbocycles. The zero-order valence-electron chi connectivity index (χ0n) is 20.2. The second kappa shape index (κ2) is 13.4. The topological polar surface area (TPSA) is 111 Å². The van der Waals surface area contributed by atoms with E-state index < -0.39 is 11.8 Å². The number of carboxylic acid groups (broad SMARTS) is 1. The lowest BCUT2D eigenvalue weighted by atomic mass is 10.1. The van der Waals surface area contributed by atoms with Gasteiger partial charge in [0.15, 0.2) is 0 Å². The summed E-state index contributed by atoms with van der Waals surface area (Å²) in [6.07, 6.45) is 5.46. The van der Waals surface area contributed by atoms with E-state index in [1.165, 1.54) is 49.6 Å². The van der Waals surface area contributed by atoms with E-state index in [1.807, 2.05) is 19.9 Å². The average molecular weight is 474 g/mol. The molecule has 0 unspecified atom stereocenters. The highest BCUT2D eigenvalue weighted by molar-refractivity contribution is 5.67. The second-order valence-corrected chi connectivity index (χ2v) is 8.65. The van der Waals surface area contributed by atoms with Crippen LogP contribution in [0.4, 0.5) is 10.1 Å². The molecule has 34 heavy (non-hydrogen) atoms. The summed E-state index contributed by atoms with van der Waals surface area (Å²) in [7, 11) is 1.50. The lowest BCUT2D eigenvalue weighted by Crippen LogP contribution is -2.35. The van der Waals surface area contributed by atoms with Crippen LogP contribution in [0.5, 0.6) is 11.5 Å². The van der Waals surface area contributed by atoms with Gasteiger partial charge < -0.3 is 20.3 Å². The monoisotopic (exact) mass is 473 g/mol. The first-order chi connectivity index (χ1) is 16.2. The van der Waals surface area contributed by atoms with Crippen molar-refractivity contribution in [3.05, 3.63) is 65.2 Å². The number of halogens is 1. The Morgan fingerprint density at radius 3 is 2.44 bits per heavy atom. The number of carboxylic acids is 1. The number of anilines is 1. The van der Waals surface area contributed by atoms with E-state index >= 15 is 0 Å². The van der Waals surface area contributed by atoms with E-state index in [4.69, 9.17) is 26.2 Å². The number of allylic oxidation sites excluding steroid dienone is 1. The van der Waals surface area contributed by atoms with Gasteiger partial charge in [-0.25, -0.2) is 10.2 Å². The van der Waals surface area contributed by atoms with Crippen LogP contribution in [0.25, 0.3) is 0 Å². The fourth-order valence-electron chi connectivity index (χ4n) is 3.01. The molecule has 0 radical (unpaired) electrons. The Balaban J connectivity index is 0.00000126. The van der Waals surface area contributed by atoms with E-state index in [2.05, 4.69) is 0 Å². The van der Waals surface area contributed by atoms with Crippen LogP contribution < -0.4 is 26.1 Å². The second-order valence-electron chi connectivity index (χ2n) is 8.65. The summed E-state index contributed by atoms with van der Waals surface area (Å²) in [4.78, 5) is 10.8. The molecule has 3 rings (SSSR count). The highest BCUT2D eigenvalue weighted by Crippen LogP contribution is 2.28. The van der Waals surface area contributed by atoms with Gasteiger partial charge in [0.05, 0.1) is 24.2 Å². The van der Waals surface area contributed by atoms with E-state index in [0.29, 0.717) is 35.7 Å². The van der Waals surface area contributed by atoms with Crippen molar-refractivity contribution in [3.63, 3.8) is 0 Å². The SMILES string of the molecule is C1CC1.COc1ccc(F)c(N(N)/C(CC(C)C)=C(\N)COc2cccc(CCC(=O)O)c2)c1. The third-order valence-corrected chi connectivity index (χ3v) is 4.95. The Morgan fingerprint density at radius 2 is 1.85 bits per heavy atom. The largest absolute Gasteiger partial charge is 0.497 e. The maximum absolute atomic E-state index is 14.4. The number of carbonyl (C=O) groups is 1. The highest BCUT2D eigenvalue weighted by Gasteiger charge is 2.18. The molecule has 8 heteroatoms. The average Bonchev–Trinajstić information content (AvgIpc) is 3.69. The van der Waals surface area contributed by atoms with Crippen molar-refractivity contribution in [2.45, 2.75) is 52.4 Å². The van der Waals surface area contributed by atoms with Gasteiger partial charge in [-0.2, -0.15) is 0 Å². The van der Waals surface area contributed by atoms with E-state index in [1.54, 1.807) is 18.2 Å². The lowest BCUT2D eigenvalue weighted by Gasteiger charge is -2.26. The first-order valence-corrected chi connectivity index (χ1v) is 11.5. The summed E-state index contributed by atoms with van der Waals surface area (Å²) >= 11 is 0. The number of methoxy groups -OCH3 is 1. The molecule has 0 bridgehead atoms. The van der Waals surface area contributed by atoms with Gasteiger partial charge in [0.1, 0.15) is 23.9 Å². The van der Waals surface area contributed by atoms with E-state index in [0.717, 1.165) is 5.56 Å². The third-order valence-electron chi connectivity index (χ3n) is 4.95. The first-order valence-electron chi connectivity index (χ1n) is 11.5. The Labute approximate surface area is 201 Å². The van der Waals surface area contributed by atoms with Gasteiger partial charge in [0.2, 0.25) is 0 Å². The van der Waals surface area contributed by atoms with Crippen molar-refractivity contribution in [3.8, 4) is 11.5 Å². The number of nitrogens with zero attached hydrogens (tertiary/aromatic N) is 1. The van der Waals surface area contributed by atoms with E-state index in [9.17, 15) is 9.18 Å². The molecule has 0 spiro atoms. The molecule has 2 aromatic carbocycles. The number of nitrogens with two attached hydrogens (primary N) is 2. The standard InChI is InChI=1S/C23H30FN3O4.C3H6/c1-15(2)11-22(27(26)21-13-17(30-3)8-9-19(21)24)20(25)14-31-18-6-4-5-16(12-18)7-10-23(28)29;1-2-3-1/h4-6,8-9,12-13,15H,7,10-11,14,25-26H2,1-3H3,(H,28,29);1-3H2/b22-20-;. The maximum atomic E-state index is 14.4.